The van der Waals surface area contributed by atoms with E-state index >= 15 is 0 Å². The lowest BCUT2D eigenvalue weighted by Crippen LogP contribution is -2.39. The summed E-state index contributed by atoms with van der Waals surface area (Å²) in [7, 11) is 0. The van der Waals surface area contributed by atoms with Gasteiger partial charge in [0.15, 0.2) is 0 Å². The molecule has 2 aliphatic rings. The quantitative estimate of drug-likeness (QED) is 0.663. The van der Waals surface area contributed by atoms with Crippen molar-refractivity contribution >= 4 is 17.5 Å². The van der Waals surface area contributed by atoms with E-state index in [0.29, 0.717) is 22.4 Å². The summed E-state index contributed by atoms with van der Waals surface area (Å²) in [5, 5.41) is 12.6. The maximum absolute atomic E-state index is 12.9. The number of fused-ring (bicyclic) bond motifs is 1. The smallest absolute Gasteiger partial charge is 0.251 e. The van der Waals surface area contributed by atoms with Crippen LogP contribution in [0.3, 0.4) is 0 Å². The van der Waals surface area contributed by atoms with Crippen molar-refractivity contribution in [2.75, 3.05) is 13.1 Å². The first kappa shape index (κ1) is 23.6. The number of nitriles is 1. The van der Waals surface area contributed by atoms with E-state index in [1.807, 2.05) is 6.07 Å². The van der Waals surface area contributed by atoms with Gasteiger partial charge in [0.05, 0.1) is 16.7 Å². The van der Waals surface area contributed by atoms with Crippen LogP contribution in [0.15, 0.2) is 36.4 Å². The van der Waals surface area contributed by atoms with Crippen LogP contribution in [0.1, 0.15) is 66.6 Å². The molecule has 1 N–H and O–H groups in total. The summed E-state index contributed by atoms with van der Waals surface area (Å²) < 4.78 is 6.06. The van der Waals surface area contributed by atoms with Gasteiger partial charge in [-0.2, -0.15) is 5.26 Å². The molecule has 1 saturated carbocycles. The average Bonchev–Trinajstić information content (AvgIpc) is 3.03. The molecule has 1 aliphatic carbocycles. The number of amides is 1. The van der Waals surface area contributed by atoms with Crippen molar-refractivity contribution in [2.24, 2.45) is 0 Å². The summed E-state index contributed by atoms with van der Waals surface area (Å²) in [6.45, 7) is 6.61. The van der Waals surface area contributed by atoms with Gasteiger partial charge in [-0.25, -0.2) is 0 Å². The van der Waals surface area contributed by atoms with Gasteiger partial charge in [-0.3, -0.25) is 4.79 Å². The standard InChI is InChI=1S/C27H32ClN3O2/c1-18(2)31-13-11-19-3-4-21(15-20(19)12-14-31)27(32)30-23-6-9-24(10-7-23)33-25-8-5-22(17-29)26(28)16-25/h3-5,8,15-16,18,23-24H,6-7,9-14H2,1-2H3,(H,30,32). The van der Waals surface area contributed by atoms with Crippen molar-refractivity contribution in [2.45, 2.75) is 70.6 Å². The minimum Gasteiger partial charge on any atom is -0.490 e. The Morgan fingerprint density at radius 2 is 1.82 bits per heavy atom. The summed E-state index contributed by atoms with van der Waals surface area (Å²) in [6.07, 6.45) is 5.65. The summed E-state index contributed by atoms with van der Waals surface area (Å²) in [6, 6.07) is 14.2. The molecular weight excluding hydrogens is 434 g/mol. The second-order valence-electron chi connectivity index (χ2n) is 9.43. The zero-order valence-electron chi connectivity index (χ0n) is 19.4. The first-order chi connectivity index (χ1) is 15.9. The predicted octanol–water partition coefficient (Wildman–Crippen LogP) is 5.14. The number of nitrogens with one attached hydrogen (secondary N) is 1. The number of carbonyl (C=O) groups is 1. The summed E-state index contributed by atoms with van der Waals surface area (Å²) in [5.74, 6) is 0.707. The Balaban J connectivity index is 1.29. The first-order valence-electron chi connectivity index (χ1n) is 12.0. The molecule has 2 aromatic rings. The lowest BCUT2D eigenvalue weighted by Gasteiger charge is -2.29. The molecule has 1 heterocycles. The normalized spacial score (nSPS) is 21.1. The lowest BCUT2D eigenvalue weighted by atomic mass is 9.92. The fourth-order valence-corrected chi connectivity index (χ4v) is 5.06. The van der Waals surface area contributed by atoms with Crippen LogP contribution in [-0.2, 0) is 12.8 Å². The zero-order chi connectivity index (χ0) is 23.4. The molecule has 0 saturated heterocycles. The molecule has 1 aliphatic heterocycles. The Hall–Kier alpha value is -2.55. The van der Waals surface area contributed by atoms with E-state index in [-0.39, 0.29) is 18.1 Å². The van der Waals surface area contributed by atoms with Crippen molar-refractivity contribution in [1.29, 1.82) is 5.26 Å². The third-order valence-electron chi connectivity index (χ3n) is 6.91. The molecule has 6 heteroatoms. The van der Waals surface area contributed by atoms with Gasteiger partial charge in [-0.05, 0) is 87.8 Å². The highest BCUT2D eigenvalue weighted by Gasteiger charge is 2.25. The van der Waals surface area contributed by atoms with Crippen LogP contribution < -0.4 is 10.1 Å². The molecule has 0 radical (unpaired) electrons. The van der Waals surface area contributed by atoms with E-state index in [1.54, 1.807) is 18.2 Å². The highest BCUT2D eigenvalue weighted by molar-refractivity contribution is 6.31. The summed E-state index contributed by atoms with van der Waals surface area (Å²) in [4.78, 5) is 15.4. The second-order valence-corrected chi connectivity index (χ2v) is 9.84. The van der Waals surface area contributed by atoms with Gasteiger partial charge >= 0.3 is 0 Å². The maximum Gasteiger partial charge on any atom is 0.251 e. The Labute approximate surface area is 201 Å². The number of nitrogens with zero attached hydrogens (tertiary/aromatic N) is 2. The molecule has 0 unspecified atom stereocenters. The molecular formula is C27H32ClN3O2. The molecule has 0 spiro atoms. The monoisotopic (exact) mass is 465 g/mol. The molecule has 0 atom stereocenters. The highest BCUT2D eigenvalue weighted by Crippen LogP contribution is 2.27. The van der Waals surface area contributed by atoms with E-state index < -0.39 is 0 Å². The topological polar surface area (TPSA) is 65.4 Å². The number of halogens is 1. The Morgan fingerprint density at radius 1 is 1.09 bits per heavy atom. The van der Waals surface area contributed by atoms with Gasteiger partial charge < -0.3 is 15.0 Å². The largest absolute Gasteiger partial charge is 0.490 e. The molecule has 0 aromatic heterocycles. The number of hydrogen-bond acceptors (Lipinski definition) is 4. The Bertz CT molecular complexity index is 1040. The van der Waals surface area contributed by atoms with Crippen LogP contribution in [0.5, 0.6) is 5.75 Å². The van der Waals surface area contributed by atoms with Crippen LogP contribution in [0.4, 0.5) is 0 Å². The maximum atomic E-state index is 12.9. The molecule has 4 rings (SSSR count). The zero-order valence-corrected chi connectivity index (χ0v) is 20.2. The molecule has 1 amide bonds. The fourth-order valence-electron chi connectivity index (χ4n) is 4.85. The average molecular weight is 466 g/mol. The Kier molecular flexibility index (Phi) is 7.57. The fraction of sp³-hybridized carbons (Fsp3) is 0.481. The number of benzene rings is 2. The first-order valence-corrected chi connectivity index (χ1v) is 12.3. The van der Waals surface area contributed by atoms with Crippen molar-refractivity contribution in [1.82, 2.24) is 10.2 Å². The van der Waals surface area contributed by atoms with Crippen molar-refractivity contribution < 1.29 is 9.53 Å². The number of carbonyl (C=O) groups excluding carboxylic acids is 1. The van der Waals surface area contributed by atoms with Gasteiger partial charge in [-0.15, -0.1) is 0 Å². The van der Waals surface area contributed by atoms with Crippen LogP contribution >= 0.6 is 11.6 Å². The molecule has 5 nitrogen and oxygen atoms in total. The second kappa shape index (κ2) is 10.6. The molecule has 0 bridgehead atoms. The number of ether oxygens (including phenoxy) is 1. The van der Waals surface area contributed by atoms with Crippen molar-refractivity contribution in [3.8, 4) is 11.8 Å². The number of hydrogen-bond donors (Lipinski definition) is 1. The van der Waals surface area contributed by atoms with Gasteiger partial charge in [0, 0.05) is 36.8 Å². The van der Waals surface area contributed by atoms with Gasteiger partial charge in [0.2, 0.25) is 0 Å². The van der Waals surface area contributed by atoms with Crippen LogP contribution in [0.25, 0.3) is 0 Å². The van der Waals surface area contributed by atoms with Crippen LogP contribution in [-0.4, -0.2) is 42.1 Å². The van der Waals surface area contributed by atoms with Crippen molar-refractivity contribution in [3.05, 3.63) is 63.7 Å². The van der Waals surface area contributed by atoms with Crippen LogP contribution in [0, 0.1) is 11.3 Å². The van der Waals surface area contributed by atoms with E-state index in [9.17, 15) is 4.79 Å². The third kappa shape index (κ3) is 5.88. The Morgan fingerprint density at radius 3 is 2.48 bits per heavy atom. The van der Waals surface area contributed by atoms with Gasteiger partial charge in [-0.1, -0.05) is 17.7 Å². The highest BCUT2D eigenvalue weighted by atomic mass is 35.5. The predicted molar refractivity (Wildman–Crippen MR) is 131 cm³/mol. The summed E-state index contributed by atoms with van der Waals surface area (Å²) in [5.41, 5.74) is 3.89. The molecule has 1 fully saturated rings. The molecule has 33 heavy (non-hydrogen) atoms. The number of rotatable bonds is 5. The van der Waals surface area contributed by atoms with E-state index in [2.05, 4.69) is 42.3 Å². The van der Waals surface area contributed by atoms with E-state index in [4.69, 9.17) is 21.6 Å². The van der Waals surface area contributed by atoms with Crippen molar-refractivity contribution in [3.63, 3.8) is 0 Å². The minimum absolute atomic E-state index is 0.0194. The molecule has 2 aromatic carbocycles. The van der Waals surface area contributed by atoms with Gasteiger partial charge in [0.1, 0.15) is 11.8 Å². The molecule has 174 valence electrons. The van der Waals surface area contributed by atoms with Crippen LogP contribution in [0.2, 0.25) is 5.02 Å². The van der Waals surface area contributed by atoms with Gasteiger partial charge in [0.25, 0.3) is 5.91 Å². The third-order valence-corrected chi connectivity index (χ3v) is 7.22. The minimum atomic E-state index is 0.0194. The lowest BCUT2D eigenvalue weighted by molar-refractivity contribution is 0.0894. The van der Waals surface area contributed by atoms with E-state index in [1.165, 1.54) is 11.1 Å². The van der Waals surface area contributed by atoms with E-state index in [0.717, 1.165) is 57.2 Å². The SMILES string of the molecule is CC(C)N1CCc2ccc(C(=O)NC3CCC(Oc4ccc(C#N)c(Cl)c4)CC3)cc2CC1. The summed E-state index contributed by atoms with van der Waals surface area (Å²) >= 11 is 6.11.